The third kappa shape index (κ3) is 3.72. The van der Waals surface area contributed by atoms with Crippen LogP contribution in [0.5, 0.6) is 0 Å². The lowest BCUT2D eigenvalue weighted by atomic mass is 9.97. The largest absolute Gasteiger partial charge is 0.303 e. The summed E-state index contributed by atoms with van der Waals surface area (Å²) >= 11 is 0. The zero-order valence-corrected chi connectivity index (χ0v) is 16.5. The second-order valence-corrected chi connectivity index (χ2v) is 7.72. The van der Waals surface area contributed by atoms with E-state index in [0.717, 1.165) is 43.0 Å². The van der Waals surface area contributed by atoms with Gasteiger partial charge in [-0.3, -0.25) is 9.36 Å². The summed E-state index contributed by atoms with van der Waals surface area (Å²) in [6, 6.07) is 12.0. The van der Waals surface area contributed by atoms with Crippen LogP contribution in [0.15, 0.2) is 47.3 Å². The molecule has 2 aromatic carbocycles. The lowest BCUT2D eigenvalue weighted by Crippen LogP contribution is -2.38. The maximum atomic E-state index is 13.3. The van der Waals surface area contributed by atoms with Gasteiger partial charge in [-0.2, -0.15) is 0 Å². The van der Waals surface area contributed by atoms with Crippen LogP contribution in [0.25, 0.3) is 22.0 Å². The molecule has 0 amide bonds. The summed E-state index contributed by atoms with van der Waals surface area (Å²) in [7, 11) is 0. The van der Waals surface area contributed by atoms with Gasteiger partial charge in [0, 0.05) is 13.1 Å². The first-order valence-corrected chi connectivity index (χ1v) is 10.0. The molecule has 0 bridgehead atoms. The van der Waals surface area contributed by atoms with Crippen LogP contribution in [-0.4, -0.2) is 34.1 Å². The first kappa shape index (κ1) is 18.8. The van der Waals surface area contributed by atoms with Crippen LogP contribution >= 0.6 is 0 Å². The summed E-state index contributed by atoms with van der Waals surface area (Å²) in [5.74, 6) is 0.975. The van der Waals surface area contributed by atoms with Gasteiger partial charge >= 0.3 is 0 Å². The summed E-state index contributed by atoms with van der Waals surface area (Å²) in [5, 5.41) is 0.621. The summed E-state index contributed by atoms with van der Waals surface area (Å²) in [4.78, 5) is 20.4. The van der Waals surface area contributed by atoms with Gasteiger partial charge in [-0.25, -0.2) is 9.37 Å². The van der Waals surface area contributed by atoms with Gasteiger partial charge < -0.3 is 4.90 Å². The van der Waals surface area contributed by atoms with E-state index < -0.39 is 0 Å². The van der Waals surface area contributed by atoms with E-state index in [4.69, 9.17) is 0 Å². The molecule has 1 aliphatic rings. The maximum absolute atomic E-state index is 13.3. The zero-order chi connectivity index (χ0) is 19.7. The molecule has 1 saturated heterocycles. The smallest absolute Gasteiger partial charge is 0.261 e. The topological polar surface area (TPSA) is 38.1 Å². The van der Waals surface area contributed by atoms with E-state index in [2.05, 4.69) is 16.8 Å². The molecule has 0 aliphatic carbocycles. The van der Waals surface area contributed by atoms with Gasteiger partial charge in [-0.1, -0.05) is 25.1 Å². The van der Waals surface area contributed by atoms with Crippen LogP contribution < -0.4 is 5.56 Å². The second kappa shape index (κ2) is 7.84. The Morgan fingerprint density at radius 1 is 1.14 bits per heavy atom. The van der Waals surface area contributed by atoms with E-state index in [1.165, 1.54) is 18.6 Å². The number of rotatable bonds is 4. The molecule has 4 nitrogen and oxygen atoms in total. The fraction of sp³-hybridized carbons (Fsp3) is 0.391. The normalized spacial score (nSPS) is 17.9. The van der Waals surface area contributed by atoms with Crippen molar-refractivity contribution < 1.29 is 4.39 Å². The van der Waals surface area contributed by atoms with Crippen LogP contribution in [0.2, 0.25) is 0 Å². The number of benzene rings is 2. The van der Waals surface area contributed by atoms with Crippen LogP contribution in [-0.2, 0) is 6.54 Å². The molecule has 28 heavy (non-hydrogen) atoms. The van der Waals surface area contributed by atoms with E-state index in [1.807, 2.05) is 29.7 Å². The molecule has 1 aromatic heterocycles. The fourth-order valence-electron chi connectivity index (χ4n) is 4.21. The zero-order valence-electron chi connectivity index (χ0n) is 16.5. The molecule has 4 rings (SSSR count). The first-order valence-electron chi connectivity index (χ1n) is 10.0. The first-order chi connectivity index (χ1) is 13.5. The van der Waals surface area contributed by atoms with Gasteiger partial charge in [0.05, 0.1) is 10.9 Å². The van der Waals surface area contributed by atoms with Gasteiger partial charge in [0.25, 0.3) is 5.56 Å². The molecule has 0 spiro atoms. The minimum absolute atomic E-state index is 0.0140. The number of likely N-dealkylation sites (tertiary alicyclic amines) is 1. The van der Waals surface area contributed by atoms with Crippen molar-refractivity contribution in [2.75, 3.05) is 19.6 Å². The Morgan fingerprint density at radius 3 is 2.64 bits per heavy atom. The van der Waals surface area contributed by atoms with Crippen molar-refractivity contribution in [1.29, 1.82) is 0 Å². The molecule has 0 saturated carbocycles. The Labute approximate surface area is 164 Å². The van der Waals surface area contributed by atoms with Gasteiger partial charge in [0.1, 0.15) is 11.6 Å². The van der Waals surface area contributed by atoms with E-state index in [1.54, 1.807) is 12.1 Å². The number of aryl methyl sites for hydroxylation is 1. The number of fused-ring (bicyclic) bond motifs is 1. The molecule has 1 fully saturated rings. The second-order valence-electron chi connectivity index (χ2n) is 7.72. The molecule has 2 heterocycles. The summed E-state index contributed by atoms with van der Waals surface area (Å²) in [6.45, 7) is 8.06. The number of aromatic nitrogens is 2. The van der Waals surface area contributed by atoms with Crippen LogP contribution in [0.1, 0.15) is 25.6 Å². The van der Waals surface area contributed by atoms with Gasteiger partial charge in [0.15, 0.2) is 0 Å². The Morgan fingerprint density at radius 2 is 1.89 bits per heavy atom. The minimum atomic E-state index is -0.266. The number of hydrogen-bond acceptors (Lipinski definition) is 3. The maximum Gasteiger partial charge on any atom is 0.261 e. The molecule has 0 unspecified atom stereocenters. The molecule has 146 valence electrons. The van der Waals surface area contributed by atoms with Crippen molar-refractivity contribution in [2.24, 2.45) is 5.92 Å². The molecule has 1 aliphatic heterocycles. The van der Waals surface area contributed by atoms with Crippen molar-refractivity contribution in [3.8, 4) is 11.1 Å². The highest BCUT2D eigenvalue weighted by Crippen LogP contribution is 2.23. The molecule has 0 N–H and O–H groups in total. The molecular formula is C23H26FN3O. The number of nitrogens with zero attached hydrogens (tertiary/aromatic N) is 3. The predicted molar refractivity (Wildman–Crippen MR) is 111 cm³/mol. The van der Waals surface area contributed by atoms with E-state index >= 15 is 0 Å². The third-order valence-corrected chi connectivity index (χ3v) is 5.81. The lowest BCUT2D eigenvalue weighted by molar-refractivity contribution is 0.168. The highest BCUT2D eigenvalue weighted by molar-refractivity contribution is 5.83. The van der Waals surface area contributed by atoms with Crippen molar-refractivity contribution in [3.63, 3.8) is 0 Å². The monoisotopic (exact) mass is 379 g/mol. The predicted octanol–water partition coefficient (Wildman–Crippen LogP) is 4.24. The Kier molecular flexibility index (Phi) is 5.27. The Balaban J connectivity index is 1.71. The molecule has 0 radical (unpaired) electrons. The number of piperidine rings is 1. The minimum Gasteiger partial charge on any atom is -0.303 e. The van der Waals surface area contributed by atoms with E-state index in [0.29, 0.717) is 23.4 Å². The quantitative estimate of drug-likeness (QED) is 0.680. The SMILES string of the molecule is CCN1CCC[C@H](Cn2c(C)nc3ccc(-c4ccc(F)cc4)cc3c2=O)C1. The average molecular weight is 379 g/mol. The van der Waals surface area contributed by atoms with Crippen molar-refractivity contribution in [3.05, 3.63) is 64.5 Å². The summed E-state index contributed by atoms with van der Waals surface area (Å²) < 4.78 is 15.1. The van der Waals surface area contributed by atoms with Gasteiger partial charge in [-0.05, 0) is 74.2 Å². The van der Waals surface area contributed by atoms with Gasteiger partial charge in [-0.15, -0.1) is 0 Å². The van der Waals surface area contributed by atoms with Gasteiger partial charge in [0.2, 0.25) is 0 Å². The van der Waals surface area contributed by atoms with Crippen LogP contribution in [0.3, 0.4) is 0 Å². The Bertz CT molecular complexity index is 1040. The van der Waals surface area contributed by atoms with E-state index in [9.17, 15) is 9.18 Å². The van der Waals surface area contributed by atoms with Crippen LogP contribution in [0.4, 0.5) is 4.39 Å². The fourth-order valence-corrected chi connectivity index (χ4v) is 4.21. The highest BCUT2D eigenvalue weighted by atomic mass is 19.1. The molecular weight excluding hydrogens is 353 g/mol. The lowest BCUT2D eigenvalue weighted by Gasteiger charge is -2.32. The molecule has 1 atom stereocenters. The molecule has 3 aromatic rings. The van der Waals surface area contributed by atoms with Crippen molar-refractivity contribution in [2.45, 2.75) is 33.2 Å². The van der Waals surface area contributed by atoms with Crippen molar-refractivity contribution in [1.82, 2.24) is 14.5 Å². The average Bonchev–Trinajstić information content (AvgIpc) is 2.72. The summed E-state index contributed by atoms with van der Waals surface area (Å²) in [5.41, 5.74) is 2.51. The number of halogens is 1. The molecule has 5 heteroatoms. The third-order valence-electron chi connectivity index (χ3n) is 5.81. The van der Waals surface area contributed by atoms with Crippen molar-refractivity contribution >= 4 is 10.9 Å². The standard InChI is InChI=1S/C23H26FN3O/c1-3-26-12-4-5-17(14-26)15-27-16(2)25-22-11-8-19(13-21(22)23(27)28)18-6-9-20(24)10-7-18/h6-11,13,17H,3-5,12,14-15H2,1-2H3/t17-/m0/s1. The highest BCUT2D eigenvalue weighted by Gasteiger charge is 2.21. The Hall–Kier alpha value is -2.53. The number of hydrogen-bond donors (Lipinski definition) is 0. The summed E-state index contributed by atoms with van der Waals surface area (Å²) in [6.07, 6.45) is 2.33. The van der Waals surface area contributed by atoms with E-state index in [-0.39, 0.29) is 11.4 Å². The van der Waals surface area contributed by atoms with Crippen LogP contribution in [0, 0.1) is 18.7 Å².